The fourth-order valence-electron chi connectivity index (χ4n) is 4.82. The maximum atomic E-state index is 12.7. The van der Waals surface area contributed by atoms with Crippen molar-refractivity contribution in [3.8, 4) is 0 Å². The van der Waals surface area contributed by atoms with Gasteiger partial charge in [0.05, 0.1) is 11.6 Å². The molecule has 0 spiro atoms. The van der Waals surface area contributed by atoms with Crippen LogP contribution >= 0.6 is 11.8 Å². The fourth-order valence-corrected chi connectivity index (χ4v) is 5.99. The lowest BCUT2D eigenvalue weighted by Gasteiger charge is -2.37. The molecule has 0 radical (unpaired) electrons. The zero-order chi connectivity index (χ0) is 24.9. The molecule has 5 rings (SSSR count). The monoisotopic (exact) mass is 491 g/mol. The molecule has 9 nitrogen and oxygen atoms in total. The molecular formula is C25H25N5O4S. The van der Waals surface area contributed by atoms with Crippen LogP contribution in [0.3, 0.4) is 0 Å². The first-order chi connectivity index (χ1) is 16.7. The number of hydrogen-bond acceptors (Lipinski definition) is 8. The molecule has 0 bridgehead atoms. The van der Waals surface area contributed by atoms with Crippen LogP contribution in [-0.2, 0) is 38.7 Å². The molecule has 4 aliphatic rings. The molecule has 2 amide bonds. The van der Waals surface area contributed by atoms with E-state index in [-0.39, 0.29) is 42.0 Å². The molecule has 3 heterocycles. The van der Waals surface area contributed by atoms with Gasteiger partial charge in [0, 0.05) is 31.6 Å². The van der Waals surface area contributed by atoms with Crippen LogP contribution in [0, 0.1) is 5.92 Å². The third-order valence-corrected chi connectivity index (χ3v) is 7.70. The predicted octanol–water partition coefficient (Wildman–Crippen LogP) is 1.05. The Labute approximate surface area is 206 Å². The predicted molar refractivity (Wildman–Crippen MR) is 132 cm³/mol. The second kappa shape index (κ2) is 8.84. The van der Waals surface area contributed by atoms with Crippen LogP contribution in [0.15, 0.2) is 57.7 Å². The summed E-state index contributed by atoms with van der Waals surface area (Å²) in [4.78, 5) is 55.0. The summed E-state index contributed by atoms with van der Waals surface area (Å²) < 4.78 is 0. The molecule has 0 saturated heterocycles. The second-order valence-electron chi connectivity index (χ2n) is 9.07. The van der Waals surface area contributed by atoms with Crippen molar-refractivity contribution in [1.29, 1.82) is 0 Å². The Balaban J connectivity index is 1.23. The lowest BCUT2D eigenvalue weighted by Crippen LogP contribution is -2.50. The van der Waals surface area contributed by atoms with Crippen molar-refractivity contribution >= 4 is 41.0 Å². The summed E-state index contributed by atoms with van der Waals surface area (Å²) >= 11 is 1.35. The minimum atomic E-state index is -0.518. The number of nitrogens with two attached hydrogens (primary N) is 1. The smallest absolute Gasteiger partial charge is 0.287 e. The minimum Gasteiger partial charge on any atom is -0.394 e. The Morgan fingerprint density at radius 3 is 2.86 bits per heavy atom. The van der Waals surface area contributed by atoms with Gasteiger partial charge in [0.15, 0.2) is 5.84 Å². The Morgan fingerprint density at radius 1 is 1.31 bits per heavy atom. The van der Waals surface area contributed by atoms with Crippen LogP contribution < -0.4 is 16.4 Å². The number of aliphatic imine (C=N–C) groups is 1. The van der Waals surface area contributed by atoms with Crippen LogP contribution in [0.5, 0.6) is 0 Å². The number of allylic oxidation sites excluding steroid dienone is 2. The van der Waals surface area contributed by atoms with E-state index in [0.29, 0.717) is 12.1 Å². The molecule has 3 aliphatic heterocycles. The Bertz CT molecular complexity index is 1290. The molecule has 4 N–H and O–H groups in total. The lowest BCUT2D eigenvalue weighted by atomic mass is 9.89. The van der Waals surface area contributed by atoms with Gasteiger partial charge in [-0.1, -0.05) is 24.8 Å². The van der Waals surface area contributed by atoms with E-state index in [1.54, 1.807) is 5.41 Å². The summed E-state index contributed by atoms with van der Waals surface area (Å²) in [6, 6.07) is 6.05. The molecule has 0 fully saturated rings. The van der Waals surface area contributed by atoms with Gasteiger partial charge in [-0.3, -0.25) is 19.2 Å². The summed E-state index contributed by atoms with van der Waals surface area (Å²) in [5, 5.41) is 6.80. The SMILES string of the molecule is C=C1C(=O)C(N)=C1N1CCc2ccc(CNC(=O)C3=NC4SC=C(CC(C)=O)C4C(=O)N3)cc2C1. The highest BCUT2D eigenvalue weighted by Gasteiger charge is 2.41. The molecule has 0 aromatic heterocycles. The average Bonchev–Trinajstić information content (AvgIpc) is 3.24. The summed E-state index contributed by atoms with van der Waals surface area (Å²) in [6.07, 6.45) is 1.03. The Hall–Kier alpha value is -3.66. The van der Waals surface area contributed by atoms with E-state index in [2.05, 4.69) is 33.2 Å². The summed E-state index contributed by atoms with van der Waals surface area (Å²) in [7, 11) is 0. The van der Waals surface area contributed by atoms with E-state index in [0.717, 1.165) is 35.4 Å². The number of Topliss-reactive ketones (excluding diaryl/α,β-unsaturated/α-hetero) is 2. The molecule has 1 aromatic carbocycles. The standard InChI is InChI=1S/C25H25N5O4S/c1-12(31)7-17-11-35-25-18(17)23(33)28-22(29-25)24(34)27-9-14-3-4-15-5-6-30(10-16(15)8-14)20-13(2)21(32)19(20)26/h3-4,8,11,18,25H,2,5-7,9-10,26H2,1H3,(H,27,34)(H,28,29,33). The van der Waals surface area contributed by atoms with Crippen molar-refractivity contribution in [3.05, 3.63) is 69.4 Å². The maximum Gasteiger partial charge on any atom is 0.287 e. The van der Waals surface area contributed by atoms with Gasteiger partial charge in [0.25, 0.3) is 5.91 Å². The zero-order valence-corrected chi connectivity index (χ0v) is 20.0. The number of ketones is 2. The molecule has 0 saturated carbocycles. The largest absolute Gasteiger partial charge is 0.394 e. The van der Waals surface area contributed by atoms with Crippen molar-refractivity contribution in [2.45, 2.75) is 38.2 Å². The lowest BCUT2D eigenvalue weighted by molar-refractivity contribution is -0.124. The van der Waals surface area contributed by atoms with Crippen LogP contribution in [0.25, 0.3) is 0 Å². The number of carbonyl (C=O) groups is 4. The van der Waals surface area contributed by atoms with Gasteiger partial charge in [0.1, 0.15) is 16.9 Å². The van der Waals surface area contributed by atoms with Crippen LogP contribution in [0.4, 0.5) is 0 Å². The van der Waals surface area contributed by atoms with Crippen molar-refractivity contribution < 1.29 is 19.2 Å². The summed E-state index contributed by atoms with van der Waals surface area (Å²) in [5.41, 5.74) is 11.3. The van der Waals surface area contributed by atoms with E-state index in [9.17, 15) is 19.2 Å². The van der Waals surface area contributed by atoms with E-state index in [1.165, 1.54) is 24.2 Å². The molecule has 2 atom stereocenters. The number of thioether (sulfide) groups is 1. The fraction of sp³-hybridized carbons (Fsp3) is 0.320. The van der Waals surface area contributed by atoms with Crippen LogP contribution in [0.1, 0.15) is 30.0 Å². The number of nitrogens with one attached hydrogen (secondary N) is 2. The second-order valence-corrected chi connectivity index (χ2v) is 10.1. The molecule has 180 valence electrons. The van der Waals surface area contributed by atoms with Crippen molar-refractivity contribution in [1.82, 2.24) is 15.5 Å². The van der Waals surface area contributed by atoms with Crippen LogP contribution in [-0.4, -0.2) is 46.0 Å². The van der Waals surface area contributed by atoms with Gasteiger partial charge >= 0.3 is 0 Å². The van der Waals surface area contributed by atoms with E-state index >= 15 is 0 Å². The molecule has 1 aliphatic carbocycles. The first-order valence-electron chi connectivity index (χ1n) is 11.3. The number of hydrogen-bond donors (Lipinski definition) is 3. The first kappa shape index (κ1) is 23.1. The number of rotatable bonds is 6. The van der Waals surface area contributed by atoms with Crippen molar-refractivity contribution in [2.75, 3.05) is 6.54 Å². The Kier molecular flexibility index (Phi) is 5.84. The number of amides is 2. The van der Waals surface area contributed by atoms with Gasteiger partial charge in [-0.15, -0.1) is 11.8 Å². The minimum absolute atomic E-state index is 0.0130. The number of amidine groups is 1. The maximum absolute atomic E-state index is 12.7. The zero-order valence-electron chi connectivity index (χ0n) is 19.2. The molecule has 1 aromatic rings. The molecule has 10 heteroatoms. The topological polar surface area (TPSA) is 134 Å². The quantitative estimate of drug-likeness (QED) is 0.507. The molecular weight excluding hydrogens is 466 g/mol. The van der Waals surface area contributed by atoms with E-state index < -0.39 is 17.2 Å². The third kappa shape index (κ3) is 4.18. The van der Waals surface area contributed by atoms with Gasteiger partial charge in [0.2, 0.25) is 11.7 Å². The Morgan fingerprint density at radius 2 is 2.11 bits per heavy atom. The normalized spacial score (nSPS) is 23.1. The number of carbonyl (C=O) groups excluding carboxylic acids is 4. The number of fused-ring (bicyclic) bond motifs is 2. The first-order valence-corrected chi connectivity index (χ1v) is 12.3. The number of benzene rings is 1. The summed E-state index contributed by atoms with van der Waals surface area (Å²) in [5.74, 6) is -1.51. The highest BCUT2D eigenvalue weighted by Crippen LogP contribution is 2.40. The van der Waals surface area contributed by atoms with E-state index in [1.807, 2.05) is 12.1 Å². The van der Waals surface area contributed by atoms with Crippen LogP contribution in [0.2, 0.25) is 0 Å². The van der Waals surface area contributed by atoms with Crippen molar-refractivity contribution in [3.63, 3.8) is 0 Å². The van der Waals surface area contributed by atoms with Gasteiger partial charge in [-0.25, -0.2) is 4.99 Å². The highest BCUT2D eigenvalue weighted by molar-refractivity contribution is 8.03. The van der Waals surface area contributed by atoms with E-state index in [4.69, 9.17) is 5.73 Å². The van der Waals surface area contributed by atoms with Gasteiger partial charge < -0.3 is 21.3 Å². The molecule has 35 heavy (non-hydrogen) atoms. The van der Waals surface area contributed by atoms with Crippen molar-refractivity contribution in [2.24, 2.45) is 16.6 Å². The third-order valence-electron chi connectivity index (χ3n) is 6.60. The van der Waals surface area contributed by atoms with Gasteiger partial charge in [-0.05, 0) is 41.0 Å². The molecule has 2 unspecified atom stereocenters. The number of nitrogens with zero attached hydrogens (tertiary/aromatic N) is 2. The average molecular weight is 492 g/mol. The highest BCUT2D eigenvalue weighted by atomic mass is 32.2. The van der Waals surface area contributed by atoms with Gasteiger partial charge in [-0.2, -0.15) is 0 Å². The summed E-state index contributed by atoms with van der Waals surface area (Å²) in [6.45, 7) is 6.94.